The Balaban J connectivity index is 2.44. The van der Waals surface area contributed by atoms with Gasteiger partial charge in [0.2, 0.25) is 0 Å². The topological polar surface area (TPSA) is 52.6 Å². The van der Waals surface area contributed by atoms with Gasteiger partial charge in [0.1, 0.15) is 5.75 Å². The standard InChI is InChI=1S/C15H13ClF6O4/c1-8-6-9(2-3-10(8)16)26-12(24)5-4-11(23)25-7-14(18,19)13(17)15(20,21)22/h2-3,6,13H,4-5,7H2,1H3. The molecule has 1 aromatic rings. The van der Waals surface area contributed by atoms with E-state index in [0.29, 0.717) is 10.6 Å². The predicted molar refractivity (Wildman–Crippen MR) is 77.9 cm³/mol. The van der Waals surface area contributed by atoms with E-state index in [9.17, 15) is 35.9 Å². The summed E-state index contributed by atoms with van der Waals surface area (Å²) in [6.45, 7) is -0.450. The van der Waals surface area contributed by atoms with Gasteiger partial charge in [0.25, 0.3) is 6.17 Å². The minimum absolute atomic E-state index is 0.127. The van der Waals surface area contributed by atoms with Crippen molar-refractivity contribution in [1.82, 2.24) is 0 Å². The summed E-state index contributed by atoms with van der Waals surface area (Å²) in [6, 6.07) is 4.28. The van der Waals surface area contributed by atoms with E-state index in [1.165, 1.54) is 18.2 Å². The number of rotatable bonds is 7. The number of ether oxygens (including phenoxy) is 2. The lowest BCUT2D eigenvalue weighted by Gasteiger charge is -2.22. The zero-order chi connectivity index (χ0) is 20.1. The van der Waals surface area contributed by atoms with Gasteiger partial charge in [0, 0.05) is 5.02 Å². The van der Waals surface area contributed by atoms with E-state index in [4.69, 9.17) is 16.3 Å². The second-order valence-corrected chi connectivity index (χ2v) is 5.62. The van der Waals surface area contributed by atoms with Crippen LogP contribution in [0.4, 0.5) is 26.3 Å². The van der Waals surface area contributed by atoms with Crippen molar-refractivity contribution in [3.63, 3.8) is 0 Å². The maximum Gasteiger partial charge on any atom is 0.425 e. The molecule has 0 radical (unpaired) electrons. The van der Waals surface area contributed by atoms with Crippen molar-refractivity contribution in [1.29, 1.82) is 0 Å². The van der Waals surface area contributed by atoms with Crippen molar-refractivity contribution in [3.8, 4) is 5.75 Å². The number of carbonyl (C=O) groups excluding carboxylic acids is 2. The third kappa shape index (κ3) is 6.74. The molecular weight excluding hydrogens is 394 g/mol. The molecule has 0 amide bonds. The molecule has 1 atom stereocenters. The van der Waals surface area contributed by atoms with E-state index in [1.54, 1.807) is 6.92 Å². The molecule has 0 aliphatic rings. The predicted octanol–water partition coefficient (Wildman–Crippen LogP) is 4.41. The summed E-state index contributed by atoms with van der Waals surface area (Å²) in [5.74, 6) is -7.12. The van der Waals surface area contributed by atoms with E-state index in [1.807, 2.05) is 0 Å². The van der Waals surface area contributed by atoms with Gasteiger partial charge < -0.3 is 9.47 Å². The minimum Gasteiger partial charge on any atom is -0.459 e. The van der Waals surface area contributed by atoms with Gasteiger partial charge in [-0.25, -0.2) is 4.39 Å². The molecule has 4 nitrogen and oxygen atoms in total. The van der Waals surface area contributed by atoms with Crippen LogP contribution < -0.4 is 4.74 Å². The van der Waals surface area contributed by atoms with Crippen molar-refractivity contribution >= 4 is 23.5 Å². The van der Waals surface area contributed by atoms with E-state index >= 15 is 0 Å². The van der Waals surface area contributed by atoms with Crippen molar-refractivity contribution in [2.24, 2.45) is 0 Å². The number of carbonyl (C=O) groups is 2. The number of aryl methyl sites for hydroxylation is 1. The van der Waals surface area contributed by atoms with Crippen LogP contribution in [0.15, 0.2) is 18.2 Å². The Hall–Kier alpha value is -1.97. The molecule has 0 fully saturated rings. The highest BCUT2D eigenvalue weighted by atomic mass is 35.5. The lowest BCUT2D eigenvalue weighted by Crippen LogP contribution is -2.45. The van der Waals surface area contributed by atoms with E-state index in [2.05, 4.69) is 4.74 Å². The fourth-order valence-corrected chi connectivity index (χ4v) is 1.75. The Labute approximate surface area is 149 Å². The lowest BCUT2D eigenvalue weighted by molar-refractivity contribution is -0.254. The molecule has 0 heterocycles. The molecule has 146 valence electrons. The SMILES string of the molecule is Cc1cc(OC(=O)CCC(=O)OCC(F)(F)C(F)C(F)(F)F)ccc1Cl. The van der Waals surface area contributed by atoms with Crippen LogP contribution >= 0.6 is 11.6 Å². The number of hydrogen-bond donors (Lipinski definition) is 0. The summed E-state index contributed by atoms with van der Waals surface area (Å²) >= 11 is 5.78. The van der Waals surface area contributed by atoms with Crippen LogP contribution in [-0.2, 0) is 14.3 Å². The molecule has 1 aromatic carbocycles. The van der Waals surface area contributed by atoms with Gasteiger partial charge in [0.15, 0.2) is 6.61 Å². The van der Waals surface area contributed by atoms with Crippen LogP contribution in [0.5, 0.6) is 5.75 Å². The van der Waals surface area contributed by atoms with E-state index in [-0.39, 0.29) is 5.75 Å². The molecule has 0 aliphatic carbocycles. The third-order valence-electron chi connectivity index (χ3n) is 2.98. The van der Waals surface area contributed by atoms with Crippen LogP contribution in [0.2, 0.25) is 5.02 Å². The van der Waals surface area contributed by atoms with Crippen LogP contribution in [0.3, 0.4) is 0 Å². The molecule has 0 saturated carbocycles. The molecule has 26 heavy (non-hydrogen) atoms. The van der Waals surface area contributed by atoms with Gasteiger partial charge in [-0.2, -0.15) is 22.0 Å². The van der Waals surface area contributed by atoms with Crippen molar-refractivity contribution in [3.05, 3.63) is 28.8 Å². The first-order valence-corrected chi connectivity index (χ1v) is 7.42. The summed E-state index contributed by atoms with van der Waals surface area (Å²) in [7, 11) is 0. The number of halogens is 7. The highest BCUT2D eigenvalue weighted by Gasteiger charge is 2.57. The second-order valence-electron chi connectivity index (χ2n) is 5.21. The maximum atomic E-state index is 13.0. The fourth-order valence-electron chi connectivity index (χ4n) is 1.63. The zero-order valence-electron chi connectivity index (χ0n) is 13.2. The molecule has 0 bridgehead atoms. The van der Waals surface area contributed by atoms with Gasteiger partial charge in [-0.3, -0.25) is 9.59 Å². The molecule has 1 unspecified atom stereocenters. The summed E-state index contributed by atoms with van der Waals surface area (Å²) < 4.78 is 83.0. The molecule has 0 aliphatic heterocycles. The Morgan fingerprint density at radius 1 is 1.12 bits per heavy atom. The van der Waals surface area contributed by atoms with Crippen LogP contribution in [0.25, 0.3) is 0 Å². The van der Waals surface area contributed by atoms with Gasteiger partial charge in [-0.05, 0) is 30.7 Å². The normalized spacial score (nSPS) is 13.2. The number of alkyl halides is 6. The molecule has 0 saturated heterocycles. The monoisotopic (exact) mass is 406 g/mol. The van der Waals surface area contributed by atoms with Crippen molar-refractivity contribution in [2.75, 3.05) is 6.61 Å². The fraction of sp³-hybridized carbons (Fsp3) is 0.467. The van der Waals surface area contributed by atoms with E-state index < -0.39 is 49.7 Å². The highest BCUT2D eigenvalue weighted by molar-refractivity contribution is 6.31. The third-order valence-corrected chi connectivity index (χ3v) is 3.40. The van der Waals surface area contributed by atoms with E-state index in [0.717, 1.165) is 0 Å². The average molecular weight is 407 g/mol. The van der Waals surface area contributed by atoms with Crippen LogP contribution in [0.1, 0.15) is 18.4 Å². The molecule has 0 N–H and O–H groups in total. The second kappa shape index (κ2) is 8.61. The number of esters is 2. The Bertz CT molecular complexity index is 662. The number of hydrogen-bond acceptors (Lipinski definition) is 4. The lowest BCUT2D eigenvalue weighted by atomic mass is 10.2. The highest BCUT2D eigenvalue weighted by Crippen LogP contribution is 2.35. The minimum atomic E-state index is -5.80. The average Bonchev–Trinajstić information content (AvgIpc) is 2.53. The quantitative estimate of drug-likeness (QED) is 0.382. The van der Waals surface area contributed by atoms with Crippen LogP contribution in [0, 0.1) is 6.92 Å². The Morgan fingerprint density at radius 3 is 2.23 bits per heavy atom. The largest absolute Gasteiger partial charge is 0.459 e. The number of benzene rings is 1. The Morgan fingerprint density at radius 2 is 1.69 bits per heavy atom. The van der Waals surface area contributed by atoms with Crippen molar-refractivity contribution < 1.29 is 45.4 Å². The summed E-state index contributed by atoms with van der Waals surface area (Å²) in [6.07, 6.45) is -11.6. The maximum absolute atomic E-state index is 13.0. The summed E-state index contributed by atoms with van der Waals surface area (Å²) in [5, 5.41) is 0.430. The first kappa shape index (κ1) is 22.1. The smallest absolute Gasteiger partial charge is 0.425 e. The first-order valence-electron chi connectivity index (χ1n) is 7.04. The van der Waals surface area contributed by atoms with Gasteiger partial charge in [0.05, 0.1) is 12.8 Å². The summed E-state index contributed by atoms with van der Waals surface area (Å²) in [4.78, 5) is 22.8. The van der Waals surface area contributed by atoms with Crippen molar-refractivity contribution in [2.45, 2.75) is 38.0 Å². The van der Waals surface area contributed by atoms with Gasteiger partial charge >= 0.3 is 24.0 Å². The molecule has 0 spiro atoms. The molecular formula is C15H13ClF6O4. The molecule has 11 heteroatoms. The van der Waals surface area contributed by atoms with Crippen LogP contribution in [-0.4, -0.2) is 36.8 Å². The first-order chi connectivity index (χ1) is 11.8. The van der Waals surface area contributed by atoms with Gasteiger partial charge in [-0.15, -0.1) is 0 Å². The molecule has 1 rings (SSSR count). The molecule has 0 aromatic heterocycles. The summed E-state index contributed by atoms with van der Waals surface area (Å²) in [5.41, 5.74) is 0.615. The Kier molecular flexibility index (Phi) is 7.31. The zero-order valence-corrected chi connectivity index (χ0v) is 14.0. The van der Waals surface area contributed by atoms with Gasteiger partial charge in [-0.1, -0.05) is 11.6 Å².